The molecule has 94 valence electrons. The summed E-state index contributed by atoms with van der Waals surface area (Å²) in [4.78, 5) is 5.73. The molecule has 1 aromatic carbocycles. The molecule has 1 aromatic heterocycles. The first-order valence-electron chi connectivity index (χ1n) is 5.78. The highest BCUT2D eigenvalue weighted by molar-refractivity contribution is 7.15. The number of aliphatic hydroxyl groups excluding tert-OH is 1. The standard InChI is InChI=1S/C13H11Cl2NOS/c14-8-5-4-7(6-9(8)15)13-16-12-10(17)2-1-3-11(12)18-13/h4-6,10,17H,1-3H2. The number of aromatic nitrogens is 1. The minimum atomic E-state index is -0.415. The molecule has 0 bridgehead atoms. The van der Waals surface area contributed by atoms with Gasteiger partial charge in [0.15, 0.2) is 0 Å². The monoisotopic (exact) mass is 299 g/mol. The highest BCUT2D eigenvalue weighted by Gasteiger charge is 2.23. The van der Waals surface area contributed by atoms with Crippen LogP contribution in [-0.2, 0) is 6.42 Å². The first kappa shape index (κ1) is 12.4. The Morgan fingerprint density at radius 2 is 2.11 bits per heavy atom. The van der Waals surface area contributed by atoms with Crippen LogP contribution in [0.25, 0.3) is 10.6 Å². The second kappa shape index (κ2) is 4.82. The van der Waals surface area contributed by atoms with E-state index >= 15 is 0 Å². The number of hydrogen-bond acceptors (Lipinski definition) is 3. The van der Waals surface area contributed by atoms with E-state index in [0.29, 0.717) is 10.0 Å². The molecule has 0 saturated carbocycles. The van der Waals surface area contributed by atoms with Gasteiger partial charge in [-0.1, -0.05) is 29.3 Å². The van der Waals surface area contributed by atoms with E-state index in [1.807, 2.05) is 12.1 Å². The summed E-state index contributed by atoms with van der Waals surface area (Å²) in [5, 5.41) is 11.9. The molecule has 0 amide bonds. The maximum absolute atomic E-state index is 9.92. The SMILES string of the molecule is OC1CCCc2sc(-c3ccc(Cl)c(Cl)c3)nc21. The van der Waals surface area contributed by atoms with Gasteiger partial charge in [0.05, 0.1) is 21.8 Å². The summed E-state index contributed by atoms with van der Waals surface area (Å²) in [6, 6.07) is 5.50. The van der Waals surface area contributed by atoms with Crippen LogP contribution in [0, 0.1) is 0 Å². The molecule has 0 spiro atoms. The van der Waals surface area contributed by atoms with Crippen molar-refractivity contribution in [1.29, 1.82) is 0 Å². The average molecular weight is 300 g/mol. The fraction of sp³-hybridized carbons (Fsp3) is 0.308. The predicted molar refractivity (Wildman–Crippen MR) is 75.5 cm³/mol. The minimum Gasteiger partial charge on any atom is -0.387 e. The molecule has 0 saturated heterocycles. The van der Waals surface area contributed by atoms with Crippen molar-refractivity contribution in [2.75, 3.05) is 0 Å². The third kappa shape index (κ3) is 2.16. The van der Waals surface area contributed by atoms with E-state index in [2.05, 4.69) is 4.98 Å². The maximum atomic E-state index is 9.92. The van der Waals surface area contributed by atoms with Crippen LogP contribution < -0.4 is 0 Å². The summed E-state index contributed by atoms with van der Waals surface area (Å²) in [5.41, 5.74) is 1.79. The quantitative estimate of drug-likeness (QED) is 0.842. The highest BCUT2D eigenvalue weighted by atomic mass is 35.5. The predicted octanol–water partition coefficient (Wildman–Crippen LogP) is 4.49. The van der Waals surface area contributed by atoms with Crippen LogP contribution in [0.15, 0.2) is 18.2 Å². The van der Waals surface area contributed by atoms with Crippen molar-refractivity contribution in [2.24, 2.45) is 0 Å². The lowest BCUT2D eigenvalue weighted by Crippen LogP contribution is -2.07. The van der Waals surface area contributed by atoms with Crippen molar-refractivity contribution in [3.05, 3.63) is 38.8 Å². The molecule has 0 fully saturated rings. The summed E-state index contributed by atoms with van der Waals surface area (Å²) in [6.45, 7) is 0. The van der Waals surface area contributed by atoms with E-state index < -0.39 is 6.10 Å². The van der Waals surface area contributed by atoms with Gasteiger partial charge in [0, 0.05) is 10.4 Å². The Labute approximate surface area is 119 Å². The summed E-state index contributed by atoms with van der Waals surface area (Å²) >= 11 is 13.6. The van der Waals surface area contributed by atoms with Crippen LogP contribution in [-0.4, -0.2) is 10.1 Å². The summed E-state index contributed by atoms with van der Waals surface area (Å²) in [5.74, 6) is 0. The molecule has 1 heterocycles. The van der Waals surface area contributed by atoms with E-state index in [4.69, 9.17) is 23.2 Å². The second-order valence-electron chi connectivity index (χ2n) is 4.36. The topological polar surface area (TPSA) is 33.1 Å². The Bertz CT molecular complexity index is 597. The molecule has 1 atom stereocenters. The zero-order chi connectivity index (χ0) is 12.7. The number of halogens is 2. The van der Waals surface area contributed by atoms with Crippen LogP contribution in [0.2, 0.25) is 10.0 Å². The van der Waals surface area contributed by atoms with Gasteiger partial charge in [-0.3, -0.25) is 0 Å². The van der Waals surface area contributed by atoms with Gasteiger partial charge in [0.25, 0.3) is 0 Å². The lowest BCUT2D eigenvalue weighted by Gasteiger charge is -2.14. The highest BCUT2D eigenvalue weighted by Crippen LogP contribution is 2.38. The van der Waals surface area contributed by atoms with Crippen LogP contribution >= 0.6 is 34.5 Å². The van der Waals surface area contributed by atoms with Gasteiger partial charge in [-0.2, -0.15) is 0 Å². The Morgan fingerprint density at radius 3 is 2.83 bits per heavy atom. The van der Waals surface area contributed by atoms with Crippen LogP contribution in [0.5, 0.6) is 0 Å². The molecule has 2 aromatic rings. The fourth-order valence-corrected chi connectivity index (χ4v) is 3.60. The number of aryl methyl sites for hydroxylation is 1. The molecule has 1 N–H and O–H groups in total. The largest absolute Gasteiger partial charge is 0.387 e. The Hall–Kier alpha value is -0.610. The maximum Gasteiger partial charge on any atom is 0.124 e. The lowest BCUT2D eigenvalue weighted by molar-refractivity contribution is 0.153. The van der Waals surface area contributed by atoms with E-state index in [1.165, 1.54) is 4.88 Å². The Balaban J connectivity index is 2.04. The molecule has 0 aliphatic heterocycles. The van der Waals surface area contributed by atoms with Gasteiger partial charge >= 0.3 is 0 Å². The van der Waals surface area contributed by atoms with E-state index in [9.17, 15) is 5.11 Å². The normalized spacial score (nSPS) is 18.7. The molecule has 1 aliphatic rings. The van der Waals surface area contributed by atoms with Gasteiger partial charge in [-0.15, -0.1) is 11.3 Å². The van der Waals surface area contributed by atoms with Crippen molar-refractivity contribution >= 4 is 34.5 Å². The van der Waals surface area contributed by atoms with Crippen molar-refractivity contribution in [3.8, 4) is 10.6 Å². The molecule has 1 aliphatic carbocycles. The van der Waals surface area contributed by atoms with Gasteiger partial charge in [-0.25, -0.2) is 4.98 Å². The smallest absolute Gasteiger partial charge is 0.124 e. The van der Waals surface area contributed by atoms with E-state index in [1.54, 1.807) is 17.4 Å². The average Bonchev–Trinajstić information content (AvgIpc) is 2.78. The summed E-state index contributed by atoms with van der Waals surface area (Å²) in [7, 11) is 0. The van der Waals surface area contributed by atoms with Crippen LogP contribution in [0.4, 0.5) is 0 Å². The Morgan fingerprint density at radius 1 is 1.28 bits per heavy atom. The van der Waals surface area contributed by atoms with Gasteiger partial charge in [0.2, 0.25) is 0 Å². The molecule has 18 heavy (non-hydrogen) atoms. The third-order valence-corrected chi connectivity index (χ3v) is 5.01. The lowest BCUT2D eigenvalue weighted by atomic mass is 10.0. The van der Waals surface area contributed by atoms with Crippen LogP contribution in [0.3, 0.4) is 0 Å². The van der Waals surface area contributed by atoms with Crippen LogP contribution in [0.1, 0.15) is 29.5 Å². The second-order valence-corrected chi connectivity index (χ2v) is 6.26. The number of benzene rings is 1. The van der Waals surface area contributed by atoms with Gasteiger partial charge < -0.3 is 5.11 Å². The zero-order valence-corrected chi connectivity index (χ0v) is 11.8. The number of thiazole rings is 1. The first-order chi connectivity index (χ1) is 8.65. The zero-order valence-electron chi connectivity index (χ0n) is 9.49. The molecule has 5 heteroatoms. The summed E-state index contributed by atoms with van der Waals surface area (Å²) < 4.78 is 0. The van der Waals surface area contributed by atoms with E-state index in [-0.39, 0.29) is 0 Å². The van der Waals surface area contributed by atoms with Crippen molar-refractivity contribution in [2.45, 2.75) is 25.4 Å². The van der Waals surface area contributed by atoms with Gasteiger partial charge in [-0.05, 0) is 31.4 Å². The Kier molecular flexibility index (Phi) is 3.32. The fourth-order valence-electron chi connectivity index (χ4n) is 2.15. The first-order valence-corrected chi connectivity index (χ1v) is 7.35. The van der Waals surface area contributed by atoms with Crippen molar-refractivity contribution in [3.63, 3.8) is 0 Å². The number of nitrogens with zero attached hydrogens (tertiary/aromatic N) is 1. The molecule has 3 rings (SSSR count). The van der Waals surface area contributed by atoms with E-state index in [0.717, 1.165) is 35.5 Å². The number of fused-ring (bicyclic) bond motifs is 1. The number of rotatable bonds is 1. The molecule has 1 unspecified atom stereocenters. The molecule has 0 radical (unpaired) electrons. The number of aliphatic hydroxyl groups is 1. The third-order valence-electron chi connectivity index (χ3n) is 3.09. The molecular formula is C13H11Cl2NOS. The molecular weight excluding hydrogens is 289 g/mol. The number of hydrogen-bond donors (Lipinski definition) is 1. The molecule has 2 nitrogen and oxygen atoms in total. The minimum absolute atomic E-state index is 0.415. The van der Waals surface area contributed by atoms with Gasteiger partial charge in [0.1, 0.15) is 5.01 Å². The van der Waals surface area contributed by atoms with Crippen molar-refractivity contribution in [1.82, 2.24) is 4.98 Å². The van der Waals surface area contributed by atoms with Crippen molar-refractivity contribution < 1.29 is 5.11 Å². The summed E-state index contributed by atoms with van der Waals surface area (Å²) in [6.07, 6.45) is 2.42.